The summed E-state index contributed by atoms with van der Waals surface area (Å²) in [5.74, 6) is 0.0785. The maximum absolute atomic E-state index is 12.5. The Kier molecular flexibility index (Phi) is 3.98. The first-order valence-corrected chi connectivity index (χ1v) is 6.79. The molecule has 0 aliphatic carbocycles. The van der Waals surface area contributed by atoms with Gasteiger partial charge in [-0.25, -0.2) is 4.98 Å². The van der Waals surface area contributed by atoms with E-state index in [-0.39, 0.29) is 5.91 Å². The van der Waals surface area contributed by atoms with E-state index in [0.29, 0.717) is 49.1 Å². The van der Waals surface area contributed by atoms with Crippen molar-refractivity contribution in [3.8, 4) is 0 Å². The lowest BCUT2D eigenvalue weighted by atomic mass is 10.3. The second-order valence-corrected chi connectivity index (χ2v) is 5.24. The summed E-state index contributed by atoms with van der Waals surface area (Å²) in [5, 5.41) is 0.371. The Hall–Kier alpha value is -1.31. The fourth-order valence-corrected chi connectivity index (χ4v) is 2.75. The molecule has 2 heterocycles. The first kappa shape index (κ1) is 14.1. The first-order chi connectivity index (χ1) is 8.91. The van der Waals surface area contributed by atoms with E-state index in [2.05, 4.69) is 4.98 Å². The number of thiazole rings is 1. The van der Waals surface area contributed by atoms with Crippen LogP contribution in [0.2, 0.25) is 0 Å². The topological polar surface area (TPSA) is 36.4 Å². The standard InChI is InChI=1S/C11H14F3N3OS/c1-2-9(18)16-3-5-17(6-4-16)10-15-7-8(19-10)11(12,13)14/h7H,2-6H2,1H3. The van der Waals surface area contributed by atoms with Gasteiger partial charge in [0.1, 0.15) is 4.88 Å². The molecule has 1 aliphatic rings. The minimum Gasteiger partial charge on any atom is -0.345 e. The largest absolute Gasteiger partial charge is 0.427 e. The van der Waals surface area contributed by atoms with Crippen LogP contribution in [-0.2, 0) is 11.0 Å². The molecule has 0 unspecified atom stereocenters. The van der Waals surface area contributed by atoms with E-state index in [4.69, 9.17) is 0 Å². The summed E-state index contributed by atoms with van der Waals surface area (Å²) < 4.78 is 37.4. The Morgan fingerprint density at radius 3 is 2.47 bits per heavy atom. The summed E-state index contributed by atoms with van der Waals surface area (Å²) in [7, 11) is 0. The van der Waals surface area contributed by atoms with Gasteiger partial charge in [0.2, 0.25) is 5.91 Å². The van der Waals surface area contributed by atoms with Crippen molar-refractivity contribution in [2.75, 3.05) is 31.1 Å². The molecule has 19 heavy (non-hydrogen) atoms. The Labute approximate surface area is 112 Å². The number of carbonyl (C=O) groups excluding carboxylic acids is 1. The van der Waals surface area contributed by atoms with Gasteiger partial charge >= 0.3 is 6.18 Å². The molecule has 0 spiro atoms. The van der Waals surface area contributed by atoms with Crippen LogP contribution < -0.4 is 4.90 Å². The van der Waals surface area contributed by atoms with Crippen molar-refractivity contribution in [1.82, 2.24) is 9.88 Å². The molecule has 1 aromatic heterocycles. The maximum Gasteiger partial charge on any atom is 0.427 e. The average molecular weight is 293 g/mol. The molecule has 1 saturated heterocycles. The van der Waals surface area contributed by atoms with Gasteiger partial charge in [0.15, 0.2) is 5.13 Å². The zero-order valence-electron chi connectivity index (χ0n) is 10.4. The number of nitrogens with zero attached hydrogens (tertiary/aromatic N) is 3. The molecule has 4 nitrogen and oxygen atoms in total. The monoisotopic (exact) mass is 293 g/mol. The fraction of sp³-hybridized carbons (Fsp3) is 0.636. The predicted octanol–water partition coefficient (Wildman–Crippen LogP) is 2.22. The zero-order valence-corrected chi connectivity index (χ0v) is 11.2. The lowest BCUT2D eigenvalue weighted by molar-refractivity contribution is -0.134. The smallest absolute Gasteiger partial charge is 0.345 e. The van der Waals surface area contributed by atoms with Gasteiger partial charge in [-0.05, 0) is 0 Å². The summed E-state index contributed by atoms with van der Waals surface area (Å²) in [6.07, 6.45) is -3.02. The highest BCUT2D eigenvalue weighted by Gasteiger charge is 2.34. The van der Waals surface area contributed by atoms with Crippen molar-refractivity contribution < 1.29 is 18.0 Å². The molecule has 1 fully saturated rings. The van der Waals surface area contributed by atoms with E-state index < -0.39 is 11.1 Å². The van der Waals surface area contributed by atoms with Crippen LogP contribution >= 0.6 is 11.3 Å². The highest BCUT2D eigenvalue weighted by Crippen LogP contribution is 2.36. The number of aromatic nitrogens is 1. The van der Waals surface area contributed by atoms with Gasteiger partial charge in [0.05, 0.1) is 6.20 Å². The normalized spacial score (nSPS) is 16.8. The van der Waals surface area contributed by atoms with Gasteiger partial charge in [0, 0.05) is 32.6 Å². The van der Waals surface area contributed by atoms with Gasteiger partial charge in [-0.1, -0.05) is 18.3 Å². The summed E-state index contributed by atoms with van der Waals surface area (Å²) in [6, 6.07) is 0. The molecule has 106 valence electrons. The van der Waals surface area contributed by atoms with E-state index in [1.54, 1.807) is 16.7 Å². The molecule has 0 saturated carbocycles. The third-order valence-corrected chi connectivity index (χ3v) is 4.08. The highest BCUT2D eigenvalue weighted by atomic mass is 32.1. The molecular formula is C11H14F3N3OS. The number of piperazine rings is 1. The van der Waals surface area contributed by atoms with Crippen molar-refractivity contribution in [2.45, 2.75) is 19.5 Å². The van der Waals surface area contributed by atoms with E-state index in [0.717, 1.165) is 6.20 Å². The molecule has 1 amide bonds. The van der Waals surface area contributed by atoms with Gasteiger partial charge in [-0.3, -0.25) is 4.79 Å². The Bertz CT molecular complexity index is 452. The van der Waals surface area contributed by atoms with Gasteiger partial charge in [0.25, 0.3) is 0 Å². The summed E-state index contributed by atoms with van der Waals surface area (Å²) in [6.45, 7) is 3.92. The summed E-state index contributed by atoms with van der Waals surface area (Å²) in [5.41, 5.74) is 0. The van der Waals surface area contributed by atoms with Crippen LogP contribution in [0.4, 0.5) is 18.3 Å². The number of amides is 1. The molecule has 0 aromatic carbocycles. The van der Waals surface area contributed by atoms with Crippen LogP contribution in [0.3, 0.4) is 0 Å². The van der Waals surface area contributed by atoms with E-state index in [1.165, 1.54) is 0 Å². The number of carbonyl (C=O) groups is 1. The number of rotatable bonds is 2. The average Bonchev–Trinajstić information content (AvgIpc) is 2.87. The van der Waals surface area contributed by atoms with E-state index in [1.807, 2.05) is 0 Å². The third-order valence-electron chi connectivity index (χ3n) is 2.98. The molecule has 0 N–H and O–H groups in total. The minimum atomic E-state index is -4.34. The number of halogens is 3. The Morgan fingerprint density at radius 1 is 1.37 bits per heavy atom. The molecule has 8 heteroatoms. The summed E-state index contributed by atoms with van der Waals surface area (Å²) in [4.78, 5) is 18.1. The van der Waals surface area contributed by atoms with E-state index in [9.17, 15) is 18.0 Å². The van der Waals surface area contributed by atoms with Gasteiger partial charge < -0.3 is 9.80 Å². The number of hydrogen-bond donors (Lipinski definition) is 0. The van der Waals surface area contributed by atoms with Crippen LogP contribution in [0, 0.1) is 0 Å². The molecular weight excluding hydrogens is 279 g/mol. The van der Waals surface area contributed by atoms with Crippen LogP contribution in [0.5, 0.6) is 0 Å². The number of alkyl halides is 3. The Morgan fingerprint density at radius 2 is 2.00 bits per heavy atom. The van der Waals surface area contributed by atoms with Crippen LogP contribution in [0.25, 0.3) is 0 Å². The zero-order chi connectivity index (χ0) is 14.0. The van der Waals surface area contributed by atoms with Crippen molar-refractivity contribution in [2.24, 2.45) is 0 Å². The summed E-state index contributed by atoms with van der Waals surface area (Å²) >= 11 is 0.648. The third kappa shape index (κ3) is 3.17. The second kappa shape index (κ2) is 5.36. The van der Waals surface area contributed by atoms with Crippen molar-refractivity contribution in [1.29, 1.82) is 0 Å². The highest BCUT2D eigenvalue weighted by molar-refractivity contribution is 7.15. The lowest BCUT2D eigenvalue weighted by Gasteiger charge is -2.34. The minimum absolute atomic E-state index is 0.0785. The number of hydrogen-bond acceptors (Lipinski definition) is 4. The first-order valence-electron chi connectivity index (χ1n) is 5.97. The maximum atomic E-state index is 12.5. The van der Waals surface area contributed by atoms with Crippen LogP contribution in [0.15, 0.2) is 6.20 Å². The molecule has 0 bridgehead atoms. The van der Waals surface area contributed by atoms with Crippen molar-refractivity contribution in [3.05, 3.63) is 11.1 Å². The van der Waals surface area contributed by atoms with Crippen LogP contribution in [-0.4, -0.2) is 42.0 Å². The Balaban J connectivity index is 1.98. The SMILES string of the molecule is CCC(=O)N1CCN(c2ncc(C(F)(F)F)s2)CC1. The molecule has 2 rings (SSSR count). The molecule has 1 aromatic rings. The molecule has 1 aliphatic heterocycles. The van der Waals surface area contributed by atoms with Crippen molar-refractivity contribution in [3.63, 3.8) is 0 Å². The van der Waals surface area contributed by atoms with Gasteiger partial charge in [-0.2, -0.15) is 13.2 Å². The second-order valence-electron chi connectivity index (χ2n) is 4.23. The van der Waals surface area contributed by atoms with Crippen molar-refractivity contribution >= 4 is 22.4 Å². The number of anilines is 1. The van der Waals surface area contributed by atoms with E-state index >= 15 is 0 Å². The van der Waals surface area contributed by atoms with Gasteiger partial charge in [-0.15, -0.1) is 0 Å². The molecule has 0 radical (unpaired) electrons. The lowest BCUT2D eigenvalue weighted by Crippen LogP contribution is -2.48. The molecule has 0 atom stereocenters. The predicted molar refractivity (Wildman–Crippen MR) is 66.2 cm³/mol. The fourth-order valence-electron chi connectivity index (χ4n) is 1.91. The van der Waals surface area contributed by atoms with Crippen LogP contribution in [0.1, 0.15) is 18.2 Å². The quantitative estimate of drug-likeness (QED) is 0.839.